The topological polar surface area (TPSA) is 180 Å². The number of benzene rings is 1. The molecule has 3 amide bonds. The zero-order valence-corrected chi connectivity index (χ0v) is 24.5. The van der Waals surface area contributed by atoms with Crippen LogP contribution in [-0.4, -0.2) is 69.0 Å². The van der Waals surface area contributed by atoms with Gasteiger partial charge >= 0.3 is 0 Å². The summed E-state index contributed by atoms with van der Waals surface area (Å²) in [5.41, 5.74) is 6.19. The molecule has 2 heterocycles. The number of aliphatic hydroxyl groups excluding tert-OH is 1. The molecule has 11 heteroatoms. The van der Waals surface area contributed by atoms with Crippen molar-refractivity contribution in [3.8, 4) is 0 Å². The van der Waals surface area contributed by atoms with E-state index < -0.39 is 52.8 Å². The first kappa shape index (κ1) is 30.2. The number of primary amides is 1. The third-order valence-electron chi connectivity index (χ3n) is 9.89. The van der Waals surface area contributed by atoms with Gasteiger partial charge in [-0.05, 0) is 62.6 Å². The number of epoxide rings is 1. The Morgan fingerprint density at radius 2 is 1.76 bits per heavy atom. The summed E-state index contributed by atoms with van der Waals surface area (Å²) in [6.45, 7) is 3.73. The van der Waals surface area contributed by atoms with E-state index in [1.807, 2.05) is 18.2 Å². The predicted octanol–water partition coefficient (Wildman–Crippen LogP) is 2.06. The molecule has 5 rings (SSSR count). The SMILES string of the molecule is C[C@@H](C(=O)N[C@@H](Cc1ccc2nc[nH]c2c1)C(=O)N[C@@H](CC1CCCC1)C(=O)[C@@]1(C)CO1)C1(C(N)=O)CCC(O)CC1. The molecular formula is C31H43N5O6. The zero-order valence-electron chi connectivity index (χ0n) is 24.5. The highest BCUT2D eigenvalue weighted by Gasteiger charge is 2.51. The van der Waals surface area contributed by atoms with Gasteiger partial charge in [-0.1, -0.05) is 38.7 Å². The largest absolute Gasteiger partial charge is 0.393 e. The van der Waals surface area contributed by atoms with Crippen molar-refractivity contribution in [2.24, 2.45) is 23.0 Å². The molecule has 1 aromatic carbocycles. The minimum atomic E-state index is -1.11. The van der Waals surface area contributed by atoms with Crippen LogP contribution in [-0.2, 0) is 30.3 Å². The van der Waals surface area contributed by atoms with Gasteiger partial charge in [0.2, 0.25) is 17.7 Å². The minimum absolute atomic E-state index is 0.145. The molecule has 1 aromatic heterocycles. The molecule has 228 valence electrons. The average molecular weight is 582 g/mol. The average Bonchev–Trinajstić information content (AvgIpc) is 3.32. The fraction of sp³-hybridized carbons (Fsp3) is 0.645. The monoisotopic (exact) mass is 581 g/mol. The van der Waals surface area contributed by atoms with Gasteiger partial charge in [0.1, 0.15) is 11.6 Å². The van der Waals surface area contributed by atoms with Gasteiger partial charge in [-0.15, -0.1) is 0 Å². The Bertz CT molecular complexity index is 1320. The number of hydrogen-bond acceptors (Lipinski definition) is 7. The van der Waals surface area contributed by atoms with Gasteiger partial charge in [-0.2, -0.15) is 0 Å². The maximum atomic E-state index is 13.9. The molecule has 2 aromatic rings. The Balaban J connectivity index is 1.38. The summed E-state index contributed by atoms with van der Waals surface area (Å²) in [4.78, 5) is 61.0. The number of rotatable bonds is 12. The van der Waals surface area contributed by atoms with E-state index in [-0.39, 0.29) is 12.2 Å². The Labute approximate surface area is 245 Å². The van der Waals surface area contributed by atoms with Crippen molar-refractivity contribution in [1.82, 2.24) is 20.6 Å². The molecule has 42 heavy (non-hydrogen) atoms. The molecule has 4 atom stereocenters. The maximum Gasteiger partial charge on any atom is 0.243 e. The van der Waals surface area contributed by atoms with Gasteiger partial charge in [0.05, 0.1) is 41.5 Å². The number of carbonyl (C=O) groups excluding carboxylic acids is 4. The number of ether oxygens (including phenoxy) is 1. The summed E-state index contributed by atoms with van der Waals surface area (Å²) in [5, 5.41) is 15.9. The molecule has 2 saturated carbocycles. The van der Waals surface area contributed by atoms with Gasteiger partial charge in [0.15, 0.2) is 5.78 Å². The number of nitrogens with one attached hydrogen (secondary N) is 3. The highest BCUT2D eigenvalue weighted by Crippen LogP contribution is 2.43. The number of fused-ring (bicyclic) bond motifs is 1. The lowest BCUT2D eigenvalue weighted by Crippen LogP contribution is -2.57. The molecule has 3 aliphatic rings. The Morgan fingerprint density at radius 3 is 2.40 bits per heavy atom. The number of imidazole rings is 1. The zero-order chi connectivity index (χ0) is 30.1. The number of nitrogens with two attached hydrogens (primary N) is 1. The Hall–Kier alpha value is -3.31. The van der Waals surface area contributed by atoms with Crippen LogP contribution in [0.1, 0.15) is 77.2 Å². The third kappa shape index (κ3) is 6.36. The number of carbonyl (C=O) groups is 4. The number of aromatic nitrogens is 2. The van der Waals surface area contributed by atoms with Gasteiger partial charge in [-0.3, -0.25) is 19.2 Å². The van der Waals surface area contributed by atoms with Crippen molar-refractivity contribution in [3.63, 3.8) is 0 Å². The molecule has 0 bridgehead atoms. The number of nitrogens with zero attached hydrogens (tertiary/aromatic N) is 1. The normalized spacial score (nSPS) is 28.1. The molecule has 1 aliphatic heterocycles. The summed E-state index contributed by atoms with van der Waals surface area (Å²) < 4.78 is 5.44. The number of aliphatic hydroxyl groups is 1. The van der Waals surface area contributed by atoms with E-state index >= 15 is 0 Å². The van der Waals surface area contributed by atoms with Crippen LogP contribution in [0.3, 0.4) is 0 Å². The van der Waals surface area contributed by atoms with Gasteiger partial charge in [0, 0.05) is 12.3 Å². The van der Waals surface area contributed by atoms with Gasteiger partial charge in [-0.25, -0.2) is 4.98 Å². The lowest BCUT2D eigenvalue weighted by atomic mass is 9.65. The van der Waals surface area contributed by atoms with Crippen molar-refractivity contribution in [2.45, 2.75) is 102 Å². The molecule has 3 fully saturated rings. The maximum absolute atomic E-state index is 13.9. The van der Waals surface area contributed by atoms with Crippen LogP contribution in [0.4, 0.5) is 0 Å². The minimum Gasteiger partial charge on any atom is -0.393 e. The third-order valence-corrected chi connectivity index (χ3v) is 9.89. The van der Waals surface area contributed by atoms with Crippen LogP contribution in [0.5, 0.6) is 0 Å². The van der Waals surface area contributed by atoms with Crippen LogP contribution in [0.2, 0.25) is 0 Å². The van der Waals surface area contributed by atoms with E-state index in [2.05, 4.69) is 20.6 Å². The highest BCUT2D eigenvalue weighted by molar-refractivity contribution is 5.98. The van der Waals surface area contributed by atoms with E-state index in [1.165, 1.54) is 0 Å². The van der Waals surface area contributed by atoms with E-state index in [1.54, 1.807) is 20.2 Å². The second-order valence-corrected chi connectivity index (χ2v) is 12.8. The van der Waals surface area contributed by atoms with Crippen molar-refractivity contribution in [3.05, 3.63) is 30.1 Å². The Kier molecular flexibility index (Phi) is 8.71. The predicted molar refractivity (Wildman–Crippen MR) is 155 cm³/mol. The Morgan fingerprint density at radius 1 is 1.10 bits per heavy atom. The molecule has 11 nitrogen and oxygen atoms in total. The standard InChI is InChI=1S/C31H43N5O6/c1-18(31(29(32)41)11-9-21(37)10-12-31)27(39)36-25(15-20-7-8-22-23(14-20)34-17-33-22)28(40)35-24(13-19-5-3-4-6-19)26(38)30(2)16-42-30/h7-8,14,17-19,21,24-25,37H,3-6,9-13,15-16H2,1-2H3,(H2,32,41)(H,33,34)(H,35,40)(H,36,39)/t18-,21?,24-,25-,30+,31?/m0/s1. The van der Waals surface area contributed by atoms with E-state index in [4.69, 9.17) is 10.5 Å². The van der Waals surface area contributed by atoms with E-state index in [0.29, 0.717) is 44.6 Å². The van der Waals surface area contributed by atoms with Gasteiger partial charge in [0.25, 0.3) is 0 Å². The van der Waals surface area contributed by atoms with Crippen LogP contribution < -0.4 is 16.4 Å². The van der Waals surface area contributed by atoms with Crippen LogP contribution in [0, 0.1) is 17.3 Å². The number of hydrogen-bond donors (Lipinski definition) is 5. The van der Waals surface area contributed by atoms with Crippen molar-refractivity contribution in [1.29, 1.82) is 0 Å². The summed E-state index contributed by atoms with van der Waals surface area (Å²) in [7, 11) is 0. The molecule has 6 N–H and O–H groups in total. The molecule has 1 saturated heterocycles. The number of aromatic amines is 1. The summed E-state index contributed by atoms with van der Waals surface area (Å²) in [6.07, 6.45) is 7.35. The fourth-order valence-corrected chi connectivity index (χ4v) is 6.82. The molecule has 0 radical (unpaired) electrons. The lowest BCUT2D eigenvalue weighted by molar-refractivity contribution is -0.144. The van der Waals surface area contributed by atoms with Crippen molar-refractivity contribution < 1.29 is 29.0 Å². The molecule has 0 unspecified atom stereocenters. The number of Topliss-reactive ketones (excluding diaryl/α,β-unsaturated/α-hetero) is 1. The fourth-order valence-electron chi connectivity index (χ4n) is 6.82. The van der Waals surface area contributed by atoms with E-state index in [0.717, 1.165) is 42.3 Å². The first-order chi connectivity index (χ1) is 20.0. The van der Waals surface area contributed by atoms with Crippen molar-refractivity contribution in [2.75, 3.05) is 6.61 Å². The highest BCUT2D eigenvalue weighted by atomic mass is 16.6. The second-order valence-electron chi connectivity index (χ2n) is 12.8. The molecule has 0 spiro atoms. The number of amides is 3. The van der Waals surface area contributed by atoms with Crippen molar-refractivity contribution >= 4 is 34.5 Å². The first-order valence-electron chi connectivity index (χ1n) is 15.2. The summed E-state index contributed by atoms with van der Waals surface area (Å²) in [5.74, 6) is -2.13. The second kappa shape index (κ2) is 12.1. The smallest absolute Gasteiger partial charge is 0.243 e. The lowest BCUT2D eigenvalue weighted by Gasteiger charge is -2.40. The van der Waals surface area contributed by atoms with Crippen LogP contribution >= 0.6 is 0 Å². The first-order valence-corrected chi connectivity index (χ1v) is 15.2. The number of ketones is 1. The summed E-state index contributed by atoms with van der Waals surface area (Å²) >= 11 is 0. The number of H-pyrrole nitrogens is 1. The van der Waals surface area contributed by atoms with Crippen LogP contribution in [0.15, 0.2) is 24.5 Å². The van der Waals surface area contributed by atoms with E-state index in [9.17, 15) is 24.3 Å². The van der Waals surface area contributed by atoms with Gasteiger partial charge < -0.3 is 31.2 Å². The molecule has 2 aliphatic carbocycles. The molecular weight excluding hydrogens is 538 g/mol. The summed E-state index contributed by atoms with van der Waals surface area (Å²) in [6, 6.07) is 3.84. The van der Waals surface area contributed by atoms with Crippen LogP contribution in [0.25, 0.3) is 11.0 Å². The quantitative estimate of drug-likeness (QED) is 0.238.